The summed E-state index contributed by atoms with van der Waals surface area (Å²) in [6, 6.07) is 11.2. The third-order valence-electron chi connectivity index (χ3n) is 3.66. The summed E-state index contributed by atoms with van der Waals surface area (Å²) in [5.74, 6) is -0.688. The fourth-order valence-electron chi connectivity index (χ4n) is 2.37. The standard InChI is InChI=1S/C18H11F2N3O3/c19-13-5-1-11(2-6-13)15-9-21-16(25-15)10-23-18(24)26-17(22-23)12-3-7-14(20)8-4-12/h1-9H,10H2. The summed E-state index contributed by atoms with van der Waals surface area (Å²) in [6.45, 7) is -0.0370. The topological polar surface area (TPSA) is 74.1 Å². The van der Waals surface area contributed by atoms with Crippen molar-refractivity contribution in [1.82, 2.24) is 14.8 Å². The first-order valence-corrected chi connectivity index (χ1v) is 7.63. The minimum atomic E-state index is -0.689. The molecule has 8 heteroatoms. The van der Waals surface area contributed by atoms with Crippen LogP contribution in [0.15, 0.2) is 68.4 Å². The van der Waals surface area contributed by atoms with E-state index in [1.54, 1.807) is 12.1 Å². The molecule has 0 saturated carbocycles. The van der Waals surface area contributed by atoms with E-state index < -0.39 is 11.6 Å². The Morgan fingerprint density at radius 1 is 0.885 bits per heavy atom. The van der Waals surface area contributed by atoms with E-state index in [2.05, 4.69) is 10.1 Å². The number of hydrogen-bond acceptors (Lipinski definition) is 5. The van der Waals surface area contributed by atoms with Crippen molar-refractivity contribution in [1.29, 1.82) is 0 Å². The lowest BCUT2D eigenvalue weighted by molar-refractivity contribution is 0.444. The average Bonchev–Trinajstić information content (AvgIpc) is 3.24. The van der Waals surface area contributed by atoms with Crippen molar-refractivity contribution >= 4 is 0 Å². The molecule has 6 nitrogen and oxygen atoms in total. The highest BCUT2D eigenvalue weighted by atomic mass is 19.1. The highest BCUT2D eigenvalue weighted by Crippen LogP contribution is 2.21. The van der Waals surface area contributed by atoms with Gasteiger partial charge in [-0.3, -0.25) is 0 Å². The van der Waals surface area contributed by atoms with Gasteiger partial charge in [-0.1, -0.05) is 0 Å². The predicted octanol–water partition coefficient (Wildman–Crippen LogP) is 3.48. The summed E-state index contributed by atoms with van der Waals surface area (Å²) in [4.78, 5) is 16.0. The average molecular weight is 355 g/mol. The number of halogens is 2. The van der Waals surface area contributed by atoms with Crippen LogP contribution < -0.4 is 5.76 Å². The molecule has 26 heavy (non-hydrogen) atoms. The minimum absolute atomic E-state index is 0.0370. The molecule has 2 aromatic heterocycles. The van der Waals surface area contributed by atoms with E-state index in [4.69, 9.17) is 8.83 Å². The fourth-order valence-corrected chi connectivity index (χ4v) is 2.37. The molecule has 2 aromatic carbocycles. The van der Waals surface area contributed by atoms with Gasteiger partial charge in [0, 0.05) is 11.1 Å². The Bertz CT molecular complexity index is 1100. The zero-order valence-corrected chi connectivity index (χ0v) is 13.2. The third-order valence-corrected chi connectivity index (χ3v) is 3.66. The molecule has 0 aliphatic heterocycles. The Labute approximate surface area is 145 Å². The van der Waals surface area contributed by atoms with Crippen molar-refractivity contribution in [3.8, 4) is 22.8 Å². The van der Waals surface area contributed by atoms with Gasteiger partial charge in [0.1, 0.15) is 18.2 Å². The summed E-state index contributed by atoms with van der Waals surface area (Å²) < 4.78 is 37.7. The molecule has 0 amide bonds. The summed E-state index contributed by atoms with van der Waals surface area (Å²) >= 11 is 0. The number of aromatic nitrogens is 3. The summed E-state index contributed by atoms with van der Waals surface area (Å²) in [6.07, 6.45) is 1.48. The molecule has 4 aromatic rings. The van der Waals surface area contributed by atoms with E-state index in [-0.39, 0.29) is 24.1 Å². The summed E-state index contributed by atoms with van der Waals surface area (Å²) in [5.41, 5.74) is 1.13. The van der Waals surface area contributed by atoms with E-state index in [1.165, 1.54) is 42.6 Å². The molecule has 4 rings (SSSR count). The summed E-state index contributed by atoms with van der Waals surface area (Å²) in [7, 11) is 0. The molecule has 0 aliphatic carbocycles. The molecule has 0 saturated heterocycles. The van der Waals surface area contributed by atoms with Gasteiger partial charge in [0.15, 0.2) is 5.76 Å². The Morgan fingerprint density at radius 2 is 1.50 bits per heavy atom. The fraction of sp³-hybridized carbons (Fsp3) is 0.0556. The predicted molar refractivity (Wildman–Crippen MR) is 87.2 cm³/mol. The molecular formula is C18H11F2N3O3. The van der Waals surface area contributed by atoms with Crippen molar-refractivity contribution in [2.75, 3.05) is 0 Å². The van der Waals surface area contributed by atoms with Gasteiger partial charge >= 0.3 is 5.76 Å². The Hall–Kier alpha value is -3.55. The molecule has 0 N–H and O–H groups in total. The first kappa shape index (κ1) is 15.9. The zero-order chi connectivity index (χ0) is 18.1. The summed E-state index contributed by atoms with van der Waals surface area (Å²) in [5, 5.41) is 4.06. The minimum Gasteiger partial charge on any atom is -0.439 e. The van der Waals surface area contributed by atoms with Crippen molar-refractivity contribution < 1.29 is 17.6 Å². The van der Waals surface area contributed by atoms with Gasteiger partial charge in [0.2, 0.25) is 11.8 Å². The van der Waals surface area contributed by atoms with Crippen LogP contribution in [0.3, 0.4) is 0 Å². The van der Waals surface area contributed by atoms with Gasteiger partial charge in [-0.15, -0.1) is 5.10 Å². The number of hydrogen-bond donors (Lipinski definition) is 0. The van der Waals surface area contributed by atoms with Gasteiger partial charge in [-0.25, -0.2) is 18.6 Å². The van der Waals surface area contributed by atoms with Crippen LogP contribution in [0.25, 0.3) is 22.8 Å². The maximum atomic E-state index is 13.0. The number of nitrogens with zero attached hydrogens (tertiary/aromatic N) is 3. The van der Waals surface area contributed by atoms with Crippen molar-refractivity contribution in [3.63, 3.8) is 0 Å². The van der Waals surface area contributed by atoms with Crippen LogP contribution in [-0.2, 0) is 6.54 Å². The van der Waals surface area contributed by atoms with Crippen LogP contribution in [-0.4, -0.2) is 14.8 Å². The van der Waals surface area contributed by atoms with Gasteiger partial charge in [0.05, 0.1) is 6.20 Å². The van der Waals surface area contributed by atoms with Crippen LogP contribution in [0.2, 0.25) is 0 Å². The quantitative estimate of drug-likeness (QED) is 0.560. The van der Waals surface area contributed by atoms with E-state index in [9.17, 15) is 13.6 Å². The SMILES string of the molecule is O=c1oc(-c2ccc(F)cc2)nn1Cc1ncc(-c2ccc(F)cc2)o1. The Balaban J connectivity index is 1.57. The maximum Gasteiger partial charge on any atom is 0.437 e. The second kappa shape index (κ2) is 6.40. The van der Waals surface area contributed by atoms with Gasteiger partial charge in [0.25, 0.3) is 0 Å². The molecule has 0 bridgehead atoms. The van der Waals surface area contributed by atoms with Crippen LogP contribution in [0.4, 0.5) is 8.78 Å². The first-order valence-electron chi connectivity index (χ1n) is 7.63. The number of rotatable bonds is 4. The second-order valence-corrected chi connectivity index (χ2v) is 5.46. The van der Waals surface area contributed by atoms with E-state index in [0.29, 0.717) is 16.9 Å². The highest BCUT2D eigenvalue weighted by molar-refractivity contribution is 5.56. The Morgan fingerprint density at radius 3 is 2.15 bits per heavy atom. The second-order valence-electron chi connectivity index (χ2n) is 5.46. The van der Waals surface area contributed by atoms with Crippen LogP contribution in [0.5, 0.6) is 0 Å². The number of benzene rings is 2. The first-order chi connectivity index (χ1) is 12.6. The molecule has 0 aliphatic rings. The third kappa shape index (κ3) is 3.16. The van der Waals surface area contributed by atoms with Crippen LogP contribution in [0, 0.1) is 11.6 Å². The molecule has 0 radical (unpaired) electrons. The van der Waals surface area contributed by atoms with E-state index >= 15 is 0 Å². The van der Waals surface area contributed by atoms with Gasteiger partial charge < -0.3 is 8.83 Å². The normalized spacial score (nSPS) is 11.0. The molecule has 2 heterocycles. The van der Waals surface area contributed by atoms with Crippen molar-refractivity contribution in [2.45, 2.75) is 6.54 Å². The monoisotopic (exact) mass is 355 g/mol. The lowest BCUT2D eigenvalue weighted by atomic mass is 10.2. The molecule has 130 valence electrons. The van der Waals surface area contributed by atoms with Crippen molar-refractivity contribution in [3.05, 3.63) is 82.8 Å². The smallest absolute Gasteiger partial charge is 0.437 e. The number of oxazole rings is 1. The van der Waals surface area contributed by atoms with E-state index in [1.807, 2.05) is 0 Å². The molecule has 0 spiro atoms. The van der Waals surface area contributed by atoms with Crippen LogP contribution in [0.1, 0.15) is 5.89 Å². The van der Waals surface area contributed by atoms with Gasteiger partial charge in [-0.05, 0) is 48.5 Å². The highest BCUT2D eigenvalue weighted by Gasteiger charge is 2.14. The largest absolute Gasteiger partial charge is 0.439 e. The van der Waals surface area contributed by atoms with Crippen molar-refractivity contribution in [2.24, 2.45) is 0 Å². The molecule has 0 atom stereocenters. The maximum absolute atomic E-state index is 13.0. The van der Waals surface area contributed by atoms with E-state index in [0.717, 1.165) is 4.68 Å². The lowest BCUT2D eigenvalue weighted by Gasteiger charge is -1.96. The Kier molecular flexibility index (Phi) is 3.92. The zero-order valence-electron chi connectivity index (χ0n) is 13.2. The molecule has 0 fully saturated rings. The lowest BCUT2D eigenvalue weighted by Crippen LogP contribution is -2.16. The van der Waals surface area contributed by atoms with Crippen LogP contribution >= 0.6 is 0 Å². The molecular weight excluding hydrogens is 344 g/mol. The molecule has 0 unspecified atom stereocenters. The van der Waals surface area contributed by atoms with Gasteiger partial charge in [-0.2, -0.15) is 4.68 Å².